The number of rotatable bonds is 3. The molecule has 1 atom stereocenters. The van der Waals surface area contributed by atoms with Crippen LogP contribution in [0.2, 0.25) is 0 Å². The lowest BCUT2D eigenvalue weighted by atomic mass is 10.0. The third-order valence-electron chi connectivity index (χ3n) is 3.23. The topological polar surface area (TPSA) is 38.7 Å². The van der Waals surface area contributed by atoms with Gasteiger partial charge in [-0.25, -0.2) is 0 Å². The predicted molar refractivity (Wildman–Crippen MR) is 82.6 cm³/mol. The van der Waals surface area contributed by atoms with Crippen molar-refractivity contribution in [1.29, 1.82) is 0 Å². The number of methoxy groups -OCH3 is 2. The summed E-state index contributed by atoms with van der Waals surface area (Å²) in [6.45, 7) is 1.89. The molecule has 0 spiro atoms. The molecule has 0 radical (unpaired) electrons. The highest BCUT2D eigenvalue weighted by molar-refractivity contribution is 5.52. The molecule has 0 heterocycles. The second-order valence-corrected chi connectivity index (χ2v) is 4.55. The van der Waals surface area contributed by atoms with Crippen LogP contribution in [0.15, 0.2) is 42.5 Å². The van der Waals surface area contributed by atoms with Crippen molar-refractivity contribution in [3.63, 3.8) is 0 Å². The normalized spacial score (nSPS) is 11.2. The summed E-state index contributed by atoms with van der Waals surface area (Å²) in [4.78, 5) is 0. The number of hydrogen-bond acceptors (Lipinski definition) is 3. The number of aliphatic hydroxyl groups excluding tert-OH is 1. The summed E-state index contributed by atoms with van der Waals surface area (Å²) >= 11 is 0. The van der Waals surface area contributed by atoms with E-state index in [9.17, 15) is 5.11 Å². The molecule has 108 valence electrons. The van der Waals surface area contributed by atoms with E-state index in [-0.39, 0.29) is 0 Å². The van der Waals surface area contributed by atoms with Crippen LogP contribution in [0.3, 0.4) is 0 Å². The van der Waals surface area contributed by atoms with Crippen molar-refractivity contribution < 1.29 is 14.6 Å². The zero-order valence-corrected chi connectivity index (χ0v) is 12.4. The smallest absolute Gasteiger partial charge is 0.144 e. The minimum Gasteiger partial charge on any atom is -0.496 e. The van der Waals surface area contributed by atoms with Crippen LogP contribution < -0.4 is 9.47 Å². The Kier molecular flexibility index (Phi) is 4.86. The van der Waals surface area contributed by atoms with Gasteiger partial charge in [-0.2, -0.15) is 0 Å². The highest BCUT2D eigenvalue weighted by atomic mass is 16.5. The number of hydrogen-bond donors (Lipinski definition) is 1. The van der Waals surface area contributed by atoms with Gasteiger partial charge in [-0.1, -0.05) is 30.0 Å². The molecule has 0 aliphatic carbocycles. The van der Waals surface area contributed by atoms with E-state index in [1.54, 1.807) is 26.4 Å². The largest absolute Gasteiger partial charge is 0.496 e. The number of benzene rings is 2. The van der Waals surface area contributed by atoms with Gasteiger partial charge in [0.25, 0.3) is 0 Å². The van der Waals surface area contributed by atoms with Crippen molar-refractivity contribution >= 4 is 0 Å². The molecule has 0 aliphatic rings. The molecule has 2 rings (SSSR count). The molecule has 2 aromatic rings. The highest BCUT2D eigenvalue weighted by Gasteiger charge is 2.16. The van der Waals surface area contributed by atoms with Gasteiger partial charge in [-0.15, -0.1) is 0 Å². The lowest BCUT2D eigenvalue weighted by Crippen LogP contribution is -2.01. The number of aliphatic hydroxyl groups is 1. The summed E-state index contributed by atoms with van der Waals surface area (Å²) in [5.74, 6) is 7.12. The fourth-order valence-electron chi connectivity index (χ4n) is 2.15. The maximum atomic E-state index is 10.3. The van der Waals surface area contributed by atoms with E-state index in [1.807, 2.05) is 37.3 Å². The number of ether oxygens (including phenoxy) is 2. The third-order valence-corrected chi connectivity index (χ3v) is 3.23. The van der Waals surface area contributed by atoms with Crippen molar-refractivity contribution in [2.75, 3.05) is 14.2 Å². The Balaban J connectivity index is 2.34. The SMILES string of the molecule is COc1ccc([C@@H](O)C#Cc2ccccc2)c(OC)c1C. The first-order chi connectivity index (χ1) is 10.2. The molecule has 0 aromatic heterocycles. The van der Waals surface area contributed by atoms with E-state index >= 15 is 0 Å². The standard InChI is InChI=1S/C18H18O3/c1-13-17(20-2)12-10-15(18(13)21-3)16(19)11-9-14-7-5-4-6-8-14/h4-8,10,12,16,19H,1-3H3/t16-/m0/s1. The van der Waals surface area contributed by atoms with Crippen molar-refractivity contribution in [3.05, 3.63) is 59.2 Å². The van der Waals surface area contributed by atoms with Crippen LogP contribution in [0.25, 0.3) is 0 Å². The van der Waals surface area contributed by atoms with Gasteiger partial charge in [0.15, 0.2) is 0 Å². The van der Waals surface area contributed by atoms with Crippen LogP contribution in [0.5, 0.6) is 11.5 Å². The van der Waals surface area contributed by atoms with E-state index in [0.717, 1.165) is 16.9 Å². The molecular formula is C18H18O3. The fourth-order valence-corrected chi connectivity index (χ4v) is 2.15. The fraction of sp³-hybridized carbons (Fsp3) is 0.222. The Labute approximate surface area is 125 Å². The van der Waals surface area contributed by atoms with Crippen molar-refractivity contribution in [2.24, 2.45) is 0 Å². The summed E-state index contributed by atoms with van der Waals surface area (Å²) in [5, 5.41) is 10.3. The second-order valence-electron chi connectivity index (χ2n) is 4.55. The molecule has 2 aromatic carbocycles. The second kappa shape index (κ2) is 6.83. The van der Waals surface area contributed by atoms with Crippen molar-refractivity contribution in [3.8, 4) is 23.3 Å². The predicted octanol–water partition coefficient (Wildman–Crippen LogP) is 3.10. The van der Waals surface area contributed by atoms with Crippen LogP contribution in [-0.4, -0.2) is 19.3 Å². The Morgan fingerprint density at radius 2 is 1.71 bits per heavy atom. The Bertz CT molecular complexity index is 666. The average molecular weight is 282 g/mol. The zero-order chi connectivity index (χ0) is 15.2. The van der Waals surface area contributed by atoms with E-state index < -0.39 is 6.10 Å². The summed E-state index contributed by atoms with van der Waals surface area (Å²) < 4.78 is 10.6. The lowest BCUT2D eigenvalue weighted by Gasteiger charge is -2.15. The van der Waals surface area contributed by atoms with E-state index in [1.165, 1.54) is 0 Å². The minimum absolute atomic E-state index is 0.601. The monoisotopic (exact) mass is 282 g/mol. The molecule has 3 heteroatoms. The lowest BCUT2D eigenvalue weighted by molar-refractivity contribution is 0.231. The first-order valence-corrected chi connectivity index (χ1v) is 6.63. The van der Waals surface area contributed by atoms with Gasteiger partial charge in [0.1, 0.15) is 17.6 Å². The van der Waals surface area contributed by atoms with Gasteiger partial charge < -0.3 is 14.6 Å². The maximum Gasteiger partial charge on any atom is 0.144 e. The summed E-state index contributed by atoms with van der Waals surface area (Å²) in [6.07, 6.45) is -0.912. The van der Waals surface area contributed by atoms with Gasteiger partial charge in [-0.3, -0.25) is 0 Å². The van der Waals surface area contributed by atoms with Crippen LogP contribution >= 0.6 is 0 Å². The first kappa shape index (κ1) is 15.0. The molecule has 0 amide bonds. The third kappa shape index (κ3) is 3.36. The van der Waals surface area contributed by atoms with Gasteiger partial charge in [0.05, 0.1) is 14.2 Å². The molecule has 0 unspecified atom stereocenters. The molecule has 0 fully saturated rings. The van der Waals surface area contributed by atoms with Gasteiger partial charge in [0, 0.05) is 16.7 Å². The average Bonchev–Trinajstić information content (AvgIpc) is 2.53. The molecule has 1 N–H and O–H groups in total. The summed E-state index contributed by atoms with van der Waals surface area (Å²) in [5.41, 5.74) is 2.35. The molecule has 0 aliphatic heterocycles. The molecular weight excluding hydrogens is 264 g/mol. The van der Waals surface area contributed by atoms with Crippen LogP contribution in [0.1, 0.15) is 22.8 Å². The Morgan fingerprint density at radius 3 is 2.33 bits per heavy atom. The minimum atomic E-state index is -0.912. The van der Waals surface area contributed by atoms with E-state index in [4.69, 9.17) is 9.47 Å². The maximum absolute atomic E-state index is 10.3. The molecule has 0 saturated heterocycles. The highest BCUT2D eigenvalue weighted by Crippen LogP contribution is 2.34. The van der Waals surface area contributed by atoms with Crippen LogP contribution in [0, 0.1) is 18.8 Å². The Morgan fingerprint density at radius 1 is 1.00 bits per heavy atom. The van der Waals surface area contributed by atoms with Crippen molar-refractivity contribution in [2.45, 2.75) is 13.0 Å². The first-order valence-electron chi connectivity index (χ1n) is 6.63. The molecule has 21 heavy (non-hydrogen) atoms. The van der Waals surface area contributed by atoms with Crippen molar-refractivity contribution in [1.82, 2.24) is 0 Å². The summed E-state index contributed by atoms with van der Waals surface area (Å²) in [7, 11) is 3.18. The zero-order valence-electron chi connectivity index (χ0n) is 12.4. The van der Waals surface area contributed by atoms with Crippen LogP contribution in [-0.2, 0) is 0 Å². The molecule has 0 saturated carbocycles. The quantitative estimate of drug-likeness (QED) is 0.879. The van der Waals surface area contributed by atoms with E-state index in [2.05, 4.69) is 11.8 Å². The van der Waals surface area contributed by atoms with Gasteiger partial charge in [0.2, 0.25) is 0 Å². The van der Waals surface area contributed by atoms with Crippen LogP contribution in [0.4, 0.5) is 0 Å². The summed E-state index contributed by atoms with van der Waals surface area (Å²) in [6, 6.07) is 13.1. The molecule has 3 nitrogen and oxygen atoms in total. The van der Waals surface area contributed by atoms with Gasteiger partial charge in [-0.05, 0) is 31.2 Å². The Hall–Kier alpha value is -2.44. The van der Waals surface area contributed by atoms with Gasteiger partial charge >= 0.3 is 0 Å². The van der Waals surface area contributed by atoms with E-state index in [0.29, 0.717) is 11.3 Å². The molecule has 0 bridgehead atoms.